The highest BCUT2D eigenvalue weighted by molar-refractivity contribution is 6.29. The Bertz CT molecular complexity index is 707. The molecule has 5 nitrogen and oxygen atoms in total. The van der Waals surface area contributed by atoms with Gasteiger partial charge in [-0.05, 0) is 18.2 Å². The Morgan fingerprint density at radius 2 is 2.00 bits per heavy atom. The van der Waals surface area contributed by atoms with E-state index < -0.39 is 24.3 Å². The van der Waals surface area contributed by atoms with Crippen LogP contribution in [0.1, 0.15) is 15.9 Å². The van der Waals surface area contributed by atoms with Crippen LogP contribution in [0, 0.1) is 5.82 Å². The first-order valence-corrected chi connectivity index (χ1v) is 7.11. The van der Waals surface area contributed by atoms with Gasteiger partial charge in [0, 0.05) is 25.4 Å². The lowest BCUT2D eigenvalue weighted by Gasteiger charge is -2.17. The predicted molar refractivity (Wildman–Crippen MR) is 82.4 cm³/mol. The Morgan fingerprint density at radius 3 is 2.65 bits per heavy atom. The van der Waals surface area contributed by atoms with Crippen LogP contribution in [-0.2, 0) is 16.1 Å². The molecule has 0 aliphatic heterocycles. The molecule has 1 aromatic carbocycles. The van der Waals surface area contributed by atoms with Crippen molar-refractivity contribution in [3.8, 4) is 0 Å². The summed E-state index contributed by atoms with van der Waals surface area (Å²) in [5.74, 6) is -1.51. The van der Waals surface area contributed by atoms with Gasteiger partial charge in [-0.1, -0.05) is 29.8 Å². The SMILES string of the molecule is CN(Cc1ccccc1F)C(=O)COC(=O)c1ccc(Cl)nc1. The standard InChI is InChI=1S/C16H14ClFN2O3/c1-20(9-12-4-2-3-5-13(12)18)15(21)10-23-16(22)11-6-7-14(17)19-8-11/h2-8H,9-10H2,1H3. The number of pyridine rings is 1. The molecule has 0 aliphatic rings. The monoisotopic (exact) mass is 336 g/mol. The summed E-state index contributed by atoms with van der Waals surface area (Å²) >= 11 is 5.62. The highest BCUT2D eigenvalue weighted by atomic mass is 35.5. The van der Waals surface area contributed by atoms with Gasteiger partial charge in [-0.15, -0.1) is 0 Å². The second-order valence-electron chi connectivity index (χ2n) is 4.79. The van der Waals surface area contributed by atoms with Gasteiger partial charge in [-0.25, -0.2) is 14.2 Å². The van der Waals surface area contributed by atoms with Crippen LogP contribution in [0.25, 0.3) is 0 Å². The van der Waals surface area contributed by atoms with Crippen molar-refractivity contribution >= 4 is 23.5 Å². The molecule has 120 valence electrons. The van der Waals surface area contributed by atoms with Crippen LogP contribution >= 0.6 is 11.6 Å². The van der Waals surface area contributed by atoms with Gasteiger partial charge >= 0.3 is 5.97 Å². The third-order valence-electron chi connectivity index (χ3n) is 3.08. The fourth-order valence-electron chi connectivity index (χ4n) is 1.79. The minimum absolute atomic E-state index is 0.0888. The molecule has 1 amide bonds. The minimum atomic E-state index is -0.679. The highest BCUT2D eigenvalue weighted by Crippen LogP contribution is 2.10. The van der Waals surface area contributed by atoms with E-state index in [0.29, 0.717) is 5.56 Å². The van der Waals surface area contributed by atoms with Gasteiger partial charge in [0.25, 0.3) is 5.91 Å². The number of likely N-dealkylation sites (N-methyl/N-ethyl adjacent to an activating group) is 1. The van der Waals surface area contributed by atoms with Gasteiger partial charge in [0.15, 0.2) is 6.61 Å². The van der Waals surface area contributed by atoms with E-state index in [4.69, 9.17) is 16.3 Å². The zero-order chi connectivity index (χ0) is 16.8. The number of hydrogen-bond acceptors (Lipinski definition) is 4. The van der Waals surface area contributed by atoms with Gasteiger partial charge in [0.1, 0.15) is 11.0 Å². The summed E-state index contributed by atoms with van der Waals surface area (Å²) in [7, 11) is 1.51. The van der Waals surface area contributed by atoms with E-state index in [0.717, 1.165) is 0 Å². The van der Waals surface area contributed by atoms with Crippen LogP contribution < -0.4 is 0 Å². The lowest BCUT2D eigenvalue weighted by atomic mass is 10.2. The average Bonchev–Trinajstić information content (AvgIpc) is 2.55. The summed E-state index contributed by atoms with van der Waals surface area (Å²) in [6, 6.07) is 9.06. The Kier molecular flexibility index (Phi) is 5.65. The number of nitrogens with zero attached hydrogens (tertiary/aromatic N) is 2. The molecule has 0 unspecified atom stereocenters. The third-order valence-corrected chi connectivity index (χ3v) is 3.30. The van der Waals surface area contributed by atoms with Crippen LogP contribution in [0.3, 0.4) is 0 Å². The minimum Gasteiger partial charge on any atom is -0.452 e. The van der Waals surface area contributed by atoms with E-state index >= 15 is 0 Å². The van der Waals surface area contributed by atoms with Gasteiger partial charge in [0.05, 0.1) is 5.56 Å². The van der Waals surface area contributed by atoms with Gasteiger partial charge in [0.2, 0.25) is 0 Å². The number of hydrogen-bond donors (Lipinski definition) is 0. The number of amides is 1. The van der Waals surface area contributed by atoms with Crippen molar-refractivity contribution in [1.82, 2.24) is 9.88 Å². The summed E-state index contributed by atoms with van der Waals surface area (Å²) in [5.41, 5.74) is 0.579. The summed E-state index contributed by atoms with van der Waals surface area (Å²) in [4.78, 5) is 28.7. The quantitative estimate of drug-likeness (QED) is 0.622. The maximum absolute atomic E-state index is 13.5. The number of benzene rings is 1. The van der Waals surface area contributed by atoms with Crippen LogP contribution in [0.2, 0.25) is 5.15 Å². The van der Waals surface area contributed by atoms with Crippen molar-refractivity contribution in [2.45, 2.75) is 6.54 Å². The lowest BCUT2D eigenvalue weighted by Crippen LogP contribution is -2.31. The molecular weight excluding hydrogens is 323 g/mol. The topological polar surface area (TPSA) is 59.5 Å². The molecule has 2 aromatic rings. The van der Waals surface area contributed by atoms with Crippen molar-refractivity contribution in [1.29, 1.82) is 0 Å². The molecule has 0 spiro atoms. The van der Waals surface area contributed by atoms with E-state index in [1.54, 1.807) is 18.2 Å². The Morgan fingerprint density at radius 1 is 1.26 bits per heavy atom. The Balaban J connectivity index is 1.87. The molecule has 0 saturated carbocycles. The van der Waals surface area contributed by atoms with Crippen LogP contribution in [-0.4, -0.2) is 35.4 Å². The van der Waals surface area contributed by atoms with Gasteiger partial charge < -0.3 is 9.64 Å². The number of halogens is 2. The van der Waals surface area contributed by atoms with Crippen molar-refractivity contribution < 1.29 is 18.7 Å². The van der Waals surface area contributed by atoms with Crippen molar-refractivity contribution in [3.05, 3.63) is 64.7 Å². The summed E-state index contributed by atoms with van der Waals surface area (Å²) in [6.07, 6.45) is 1.26. The maximum atomic E-state index is 13.5. The molecule has 0 fully saturated rings. The smallest absolute Gasteiger partial charge is 0.340 e. The van der Waals surface area contributed by atoms with Crippen molar-refractivity contribution in [2.24, 2.45) is 0 Å². The molecule has 0 radical (unpaired) electrons. The van der Waals surface area contributed by atoms with E-state index in [1.807, 2.05) is 0 Å². The highest BCUT2D eigenvalue weighted by Gasteiger charge is 2.15. The molecule has 2 rings (SSSR count). The molecule has 0 N–H and O–H groups in total. The number of ether oxygens (including phenoxy) is 1. The van der Waals surface area contributed by atoms with E-state index in [9.17, 15) is 14.0 Å². The van der Waals surface area contributed by atoms with Crippen molar-refractivity contribution in [3.63, 3.8) is 0 Å². The lowest BCUT2D eigenvalue weighted by molar-refractivity contribution is -0.133. The predicted octanol–water partition coefficient (Wildman–Crippen LogP) is 2.69. The molecule has 0 aliphatic carbocycles. The summed E-state index contributed by atoms with van der Waals surface area (Å²) in [5, 5.41) is 0.252. The second kappa shape index (κ2) is 7.69. The number of rotatable bonds is 5. The molecule has 0 atom stereocenters. The number of carbonyl (C=O) groups is 2. The number of esters is 1. The average molecular weight is 337 g/mol. The van der Waals surface area contributed by atoms with E-state index in [-0.39, 0.29) is 17.3 Å². The molecule has 23 heavy (non-hydrogen) atoms. The normalized spacial score (nSPS) is 10.2. The molecule has 1 aromatic heterocycles. The van der Waals surface area contributed by atoms with E-state index in [2.05, 4.69) is 4.98 Å². The third kappa shape index (κ3) is 4.75. The first-order chi connectivity index (χ1) is 11.0. The number of aromatic nitrogens is 1. The molecule has 7 heteroatoms. The van der Waals surface area contributed by atoms with Crippen LogP contribution in [0.15, 0.2) is 42.6 Å². The first-order valence-electron chi connectivity index (χ1n) is 6.73. The Hall–Kier alpha value is -2.47. The zero-order valence-corrected chi connectivity index (χ0v) is 13.1. The second-order valence-corrected chi connectivity index (χ2v) is 5.17. The fraction of sp³-hybridized carbons (Fsp3) is 0.188. The molecular formula is C16H14ClFN2O3. The van der Waals surface area contributed by atoms with Gasteiger partial charge in [-0.3, -0.25) is 4.79 Å². The molecule has 0 bridgehead atoms. The van der Waals surface area contributed by atoms with Crippen LogP contribution in [0.4, 0.5) is 4.39 Å². The first kappa shape index (κ1) is 16.9. The molecule has 0 saturated heterocycles. The summed E-state index contributed by atoms with van der Waals surface area (Å²) in [6.45, 7) is -0.349. The Labute approximate surface area is 137 Å². The van der Waals surface area contributed by atoms with Gasteiger partial charge in [-0.2, -0.15) is 0 Å². The largest absolute Gasteiger partial charge is 0.452 e. The molecule has 1 heterocycles. The zero-order valence-electron chi connectivity index (χ0n) is 12.3. The maximum Gasteiger partial charge on any atom is 0.340 e. The van der Waals surface area contributed by atoms with Crippen molar-refractivity contribution in [2.75, 3.05) is 13.7 Å². The van der Waals surface area contributed by atoms with E-state index in [1.165, 1.54) is 36.3 Å². The van der Waals surface area contributed by atoms with Crippen LogP contribution in [0.5, 0.6) is 0 Å². The summed E-state index contributed by atoms with van der Waals surface area (Å²) < 4.78 is 18.5. The fourth-order valence-corrected chi connectivity index (χ4v) is 1.90. The number of carbonyl (C=O) groups excluding carboxylic acids is 2.